The van der Waals surface area contributed by atoms with Crippen molar-refractivity contribution in [3.8, 4) is 0 Å². The van der Waals surface area contributed by atoms with Crippen LogP contribution in [0, 0.1) is 41.4 Å². The Morgan fingerprint density at radius 2 is 1.95 bits per heavy atom. The topological polar surface area (TPSA) is 35.5 Å². The Labute approximate surface area is 132 Å². The molecule has 1 heterocycles. The molecule has 120 valence electrons. The predicted molar refractivity (Wildman–Crippen MR) is 81.7 cm³/mol. The zero-order valence-corrected chi connectivity index (χ0v) is 13.2. The number of fused-ring (bicyclic) bond motifs is 9. The highest BCUT2D eigenvalue weighted by Crippen LogP contribution is 2.67. The van der Waals surface area contributed by atoms with E-state index in [4.69, 9.17) is 9.47 Å². The van der Waals surface area contributed by atoms with E-state index in [0.717, 1.165) is 61.4 Å². The van der Waals surface area contributed by atoms with Gasteiger partial charge in [0.2, 0.25) is 6.29 Å². The van der Waals surface area contributed by atoms with E-state index in [1.165, 1.54) is 19.3 Å². The van der Waals surface area contributed by atoms with Gasteiger partial charge in [-0.2, -0.15) is 0 Å². The van der Waals surface area contributed by atoms with Crippen molar-refractivity contribution in [3.63, 3.8) is 0 Å². The summed E-state index contributed by atoms with van der Waals surface area (Å²) < 4.78 is 11.1. The molecule has 1 saturated heterocycles. The van der Waals surface area contributed by atoms with Gasteiger partial charge < -0.3 is 9.47 Å². The van der Waals surface area contributed by atoms with Gasteiger partial charge in [0.1, 0.15) is 0 Å². The van der Waals surface area contributed by atoms with Gasteiger partial charge in [-0.15, -0.1) is 0 Å². The molecule has 22 heavy (non-hydrogen) atoms. The lowest BCUT2D eigenvalue weighted by Crippen LogP contribution is -2.33. The van der Waals surface area contributed by atoms with Crippen molar-refractivity contribution in [3.05, 3.63) is 12.2 Å². The van der Waals surface area contributed by atoms with Crippen LogP contribution in [-0.2, 0) is 14.3 Å². The molecule has 0 aromatic rings. The number of carbonyl (C=O) groups excluding carboxylic acids is 1. The third kappa shape index (κ3) is 2.01. The van der Waals surface area contributed by atoms with Crippen LogP contribution in [0.4, 0.5) is 0 Å². The molecule has 3 nitrogen and oxygen atoms in total. The van der Waals surface area contributed by atoms with Crippen molar-refractivity contribution in [2.45, 2.75) is 51.2 Å². The van der Waals surface area contributed by atoms with E-state index in [-0.39, 0.29) is 12.3 Å². The highest BCUT2D eigenvalue weighted by molar-refractivity contribution is 5.70. The molecule has 4 fully saturated rings. The lowest BCUT2D eigenvalue weighted by Gasteiger charge is -2.36. The number of hydrogen-bond donors (Lipinski definition) is 0. The number of carbonyl (C=O) groups is 1. The van der Waals surface area contributed by atoms with Crippen LogP contribution in [-0.4, -0.2) is 18.9 Å². The second-order valence-electron chi connectivity index (χ2n) is 8.25. The number of rotatable bonds is 3. The average molecular weight is 302 g/mol. The molecular weight excluding hydrogens is 276 g/mol. The summed E-state index contributed by atoms with van der Waals surface area (Å²) in [6, 6.07) is 0. The van der Waals surface area contributed by atoms with Gasteiger partial charge in [-0.1, -0.05) is 12.2 Å². The van der Waals surface area contributed by atoms with Crippen molar-refractivity contribution < 1.29 is 14.3 Å². The lowest BCUT2D eigenvalue weighted by molar-refractivity contribution is -0.188. The zero-order chi connectivity index (χ0) is 14.7. The molecule has 1 aliphatic heterocycles. The third-order valence-corrected chi connectivity index (χ3v) is 7.24. The number of allylic oxidation sites excluding steroid dienone is 2. The van der Waals surface area contributed by atoms with Crippen LogP contribution in [0.15, 0.2) is 12.2 Å². The van der Waals surface area contributed by atoms with Gasteiger partial charge >= 0.3 is 5.97 Å². The molecule has 4 bridgehead atoms. The number of esters is 1. The molecular formula is C19H26O3. The van der Waals surface area contributed by atoms with E-state index in [1.807, 2.05) is 0 Å². The second kappa shape index (κ2) is 5.09. The van der Waals surface area contributed by atoms with Crippen LogP contribution in [0.25, 0.3) is 0 Å². The fourth-order valence-electron chi connectivity index (χ4n) is 6.60. The SMILES string of the molecule is O=C(CC1CC2CC1C1C3C=CC(C3)C21)OC1CCCCO1. The summed E-state index contributed by atoms with van der Waals surface area (Å²) >= 11 is 0. The van der Waals surface area contributed by atoms with E-state index in [1.54, 1.807) is 0 Å². The number of hydrogen-bond acceptors (Lipinski definition) is 3. The molecule has 3 saturated carbocycles. The van der Waals surface area contributed by atoms with Gasteiger partial charge in [-0.3, -0.25) is 4.79 Å². The first-order chi connectivity index (χ1) is 10.8. The Kier molecular flexibility index (Phi) is 3.14. The summed E-state index contributed by atoms with van der Waals surface area (Å²) in [7, 11) is 0. The minimum atomic E-state index is -0.266. The molecule has 0 radical (unpaired) electrons. The monoisotopic (exact) mass is 302 g/mol. The Morgan fingerprint density at radius 1 is 1.09 bits per heavy atom. The molecule has 4 aliphatic carbocycles. The van der Waals surface area contributed by atoms with Crippen molar-refractivity contribution in [1.29, 1.82) is 0 Å². The Morgan fingerprint density at radius 3 is 2.77 bits per heavy atom. The maximum atomic E-state index is 12.3. The molecule has 0 amide bonds. The summed E-state index contributed by atoms with van der Waals surface area (Å²) in [6.45, 7) is 0.741. The van der Waals surface area contributed by atoms with Gasteiger partial charge in [0.15, 0.2) is 0 Å². The largest absolute Gasteiger partial charge is 0.436 e. The first-order valence-corrected chi connectivity index (χ1v) is 9.29. The molecule has 3 heteroatoms. The van der Waals surface area contributed by atoms with Gasteiger partial charge in [0.05, 0.1) is 6.61 Å². The summed E-state index contributed by atoms with van der Waals surface area (Å²) in [4.78, 5) is 12.3. The van der Waals surface area contributed by atoms with E-state index in [0.29, 0.717) is 12.3 Å². The Hall–Kier alpha value is -0.830. The fourth-order valence-corrected chi connectivity index (χ4v) is 6.60. The van der Waals surface area contributed by atoms with Crippen molar-refractivity contribution in [1.82, 2.24) is 0 Å². The first kappa shape index (κ1) is 13.6. The van der Waals surface area contributed by atoms with Crippen LogP contribution in [0.3, 0.4) is 0 Å². The van der Waals surface area contributed by atoms with E-state index in [9.17, 15) is 4.79 Å². The minimum absolute atomic E-state index is 0.0142. The molecule has 0 aromatic heterocycles. The smallest absolute Gasteiger partial charge is 0.308 e. The normalized spacial score (nSPS) is 51.3. The average Bonchev–Trinajstić information content (AvgIpc) is 3.27. The molecule has 8 unspecified atom stereocenters. The molecule has 5 rings (SSSR count). The highest BCUT2D eigenvalue weighted by atomic mass is 16.7. The number of ether oxygens (including phenoxy) is 2. The van der Waals surface area contributed by atoms with Crippen LogP contribution in [0.5, 0.6) is 0 Å². The molecule has 5 aliphatic rings. The predicted octanol–water partition coefficient (Wildman–Crippen LogP) is 3.54. The summed E-state index contributed by atoms with van der Waals surface area (Å²) in [6.07, 6.45) is 12.4. The zero-order valence-electron chi connectivity index (χ0n) is 13.2. The lowest BCUT2D eigenvalue weighted by atomic mass is 9.69. The maximum absolute atomic E-state index is 12.3. The van der Waals surface area contributed by atoms with Crippen LogP contribution in [0.2, 0.25) is 0 Å². The van der Waals surface area contributed by atoms with E-state index >= 15 is 0 Å². The van der Waals surface area contributed by atoms with E-state index < -0.39 is 0 Å². The molecule has 0 aromatic carbocycles. The van der Waals surface area contributed by atoms with Crippen LogP contribution >= 0.6 is 0 Å². The van der Waals surface area contributed by atoms with Crippen molar-refractivity contribution in [2.75, 3.05) is 6.61 Å². The molecule has 8 atom stereocenters. The first-order valence-electron chi connectivity index (χ1n) is 9.29. The second-order valence-corrected chi connectivity index (χ2v) is 8.25. The van der Waals surface area contributed by atoms with Gasteiger partial charge in [-0.05, 0) is 73.5 Å². The van der Waals surface area contributed by atoms with Crippen LogP contribution in [0.1, 0.15) is 44.9 Å². The maximum Gasteiger partial charge on any atom is 0.308 e. The Balaban J connectivity index is 1.21. The van der Waals surface area contributed by atoms with Gasteiger partial charge in [0.25, 0.3) is 0 Å². The van der Waals surface area contributed by atoms with Crippen LogP contribution < -0.4 is 0 Å². The summed E-state index contributed by atoms with van der Waals surface area (Å²) in [5, 5.41) is 0. The van der Waals surface area contributed by atoms with Gasteiger partial charge in [-0.25, -0.2) is 0 Å². The Bertz CT molecular complexity index is 493. The van der Waals surface area contributed by atoms with E-state index in [2.05, 4.69) is 12.2 Å². The fraction of sp³-hybridized carbons (Fsp3) is 0.842. The highest BCUT2D eigenvalue weighted by Gasteiger charge is 2.60. The molecule has 0 N–H and O–H groups in total. The summed E-state index contributed by atoms with van der Waals surface area (Å²) in [5.41, 5.74) is 0. The van der Waals surface area contributed by atoms with Crippen molar-refractivity contribution >= 4 is 5.97 Å². The standard InChI is InChI=1S/C19H26O3/c20-16(22-17-3-1-2-6-21-17)10-13-8-14-9-15(13)19-12-5-4-11(7-12)18(14)19/h4-5,11-15,17-19H,1-3,6-10H2. The minimum Gasteiger partial charge on any atom is -0.436 e. The van der Waals surface area contributed by atoms with Gasteiger partial charge in [0, 0.05) is 12.8 Å². The molecule has 0 spiro atoms. The van der Waals surface area contributed by atoms with Crippen molar-refractivity contribution in [2.24, 2.45) is 41.4 Å². The third-order valence-electron chi connectivity index (χ3n) is 7.24. The summed E-state index contributed by atoms with van der Waals surface area (Å²) in [5.74, 6) is 5.77. The quantitative estimate of drug-likeness (QED) is 0.454.